The number of allylic oxidation sites excluding steroid dienone is 1. The number of carbonyl (C=O) groups is 1. The van der Waals surface area contributed by atoms with Crippen LogP contribution in [0.1, 0.15) is 32.5 Å². The number of carbonyl (C=O) groups excluding carboxylic acids is 1. The second kappa shape index (κ2) is 4.03. The first-order valence-electron chi connectivity index (χ1n) is 4.31. The van der Waals surface area contributed by atoms with E-state index >= 15 is 0 Å². The van der Waals surface area contributed by atoms with Gasteiger partial charge in [0.25, 0.3) is 0 Å². The quantitative estimate of drug-likeness (QED) is 0.664. The fourth-order valence-corrected chi connectivity index (χ4v) is 1.08. The minimum atomic E-state index is 0.0523. The minimum absolute atomic E-state index is 0.0523. The molecule has 0 saturated carbocycles. The van der Waals surface area contributed by atoms with Gasteiger partial charge in [0.05, 0.1) is 18.2 Å². The first kappa shape index (κ1) is 9.71. The number of hydrogen-bond donors (Lipinski definition) is 0. The monoisotopic (exact) mass is 178 g/mol. The maximum Gasteiger partial charge on any atom is 0.152 e. The smallest absolute Gasteiger partial charge is 0.152 e. The van der Waals surface area contributed by atoms with Crippen LogP contribution in [0.3, 0.4) is 0 Å². The number of aromatic nitrogens is 2. The number of nitrogens with zero attached hydrogens (tertiary/aromatic N) is 2. The highest BCUT2D eigenvalue weighted by atomic mass is 16.1. The number of rotatable bonds is 3. The van der Waals surface area contributed by atoms with E-state index in [1.165, 1.54) is 6.92 Å². The summed E-state index contributed by atoms with van der Waals surface area (Å²) in [5.74, 6) is 0.0523. The molecule has 1 aromatic rings. The average molecular weight is 178 g/mol. The van der Waals surface area contributed by atoms with Crippen molar-refractivity contribution in [2.45, 2.75) is 26.8 Å². The maximum atomic E-state index is 10.7. The van der Waals surface area contributed by atoms with Crippen molar-refractivity contribution in [2.75, 3.05) is 0 Å². The molecule has 0 aromatic carbocycles. The summed E-state index contributed by atoms with van der Waals surface area (Å²) in [6.07, 6.45) is 6.86. The van der Waals surface area contributed by atoms with Crippen LogP contribution < -0.4 is 0 Å². The molecule has 70 valence electrons. The third-order valence-electron chi connectivity index (χ3n) is 1.74. The average Bonchev–Trinajstić information content (AvgIpc) is 2.47. The third kappa shape index (κ3) is 2.54. The van der Waals surface area contributed by atoms with Crippen molar-refractivity contribution in [1.82, 2.24) is 9.55 Å². The number of imidazole rings is 1. The van der Waals surface area contributed by atoms with E-state index in [9.17, 15) is 4.79 Å². The van der Waals surface area contributed by atoms with Gasteiger partial charge in [-0.1, -0.05) is 0 Å². The lowest BCUT2D eigenvalue weighted by Crippen LogP contribution is -2.00. The molecule has 1 aromatic heterocycles. The summed E-state index contributed by atoms with van der Waals surface area (Å²) >= 11 is 0. The van der Waals surface area contributed by atoms with Crippen molar-refractivity contribution < 1.29 is 4.79 Å². The molecule has 0 bridgehead atoms. The molecule has 0 fully saturated rings. The Labute approximate surface area is 78.1 Å². The van der Waals surface area contributed by atoms with E-state index in [0.717, 1.165) is 5.69 Å². The van der Waals surface area contributed by atoms with Gasteiger partial charge in [-0.15, -0.1) is 0 Å². The Morgan fingerprint density at radius 3 is 2.85 bits per heavy atom. The predicted octanol–water partition coefficient (Wildman–Crippen LogP) is 2.07. The molecule has 1 heterocycles. The van der Waals surface area contributed by atoms with Gasteiger partial charge < -0.3 is 4.57 Å². The summed E-state index contributed by atoms with van der Waals surface area (Å²) in [4.78, 5) is 14.7. The van der Waals surface area contributed by atoms with E-state index in [1.54, 1.807) is 24.7 Å². The van der Waals surface area contributed by atoms with Gasteiger partial charge in [-0.05, 0) is 32.9 Å². The molecular weight excluding hydrogens is 164 g/mol. The zero-order valence-electron chi connectivity index (χ0n) is 8.19. The van der Waals surface area contributed by atoms with Crippen molar-refractivity contribution in [1.29, 1.82) is 0 Å². The van der Waals surface area contributed by atoms with Gasteiger partial charge in [0.2, 0.25) is 0 Å². The highest BCUT2D eigenvalue weighted by molar-refractivity contribution is 5.91. The van der Waals surface area contributed by atoms with Crippen LogP contribution in [0.25, 0.3) is 6.08 Å². The van der Waals surface area contributed by atoms with Crippen LogP contribution in [0.15, 0.2) is 18.6 Å². The predicted molar refractivity (Wildman–Crippen MR) is 52.3 cm³/mol. The SMILES string of the molecule is CC(=O)C=Cc1cncn1C(C)C. The van der Waals surface area contributed by atoms with Crippen LogP contribution in [-0.2, 0) is 4.79 Å². The van der Waals surface area contributed by atoms with Gasteiger partial charge in [-0.25, -0.2) is 4.98 Å². The lowest BCUT2D eigenvalue weighted by molar-refractivity contribution is -0.112. The second-order valence-electron chi connectivity index (χ2n) is 3.26. The molecule has 0 aliphatic rings. The molecule has 0 radical (unpaired) electrons. The summed E-state index contributed by atoms with van der Waals surface area (Å²) in [6, 6.07) is 0.370. The van der Waals surface area contributed by atoms with Crippen molar-refractivity contribution >= 4 is 11.9 Å². The van der Waals surface area contributed by atoms with E-state index in [4.69, 9.17) is 0 Å². The summed E-state index contributed by atoms with van der Waals surface area (Å²) in [6.45, 7) is 5.69. The Hall–Kier alpha value is -1.38. The fourth-order valence-electron chi connectivity index (χ4n) is 1.08. The standard InChI is InChI=1S/C10H14N2O/c1-8(2)12-7-11-6-10(12)5-4-9(3)13/h4-8H,1-3H3. The zero-order chi connectivity index (χ0) is 9.84. The Morgan fingerprint density at radius 2 is 2.31 bits per heavy atom. The van der Waals surface area contributed by atoms with Crippen LogP contribution in [0.2, 0.25) is 0 Å². The lowest BCUT2D eigenvalue weighted by Gasteiger charge is -2.08. The Kier molecular flexibility index (Phi) is 3.01. The van der Waals surface area contributed by atoms with Crippen LogP contribution >= 0.6 is 0 Å². The number of hydrogen-bond acceptors (Lipinski definition) is 2. The second-order valence-corrected chi connectivity index (χ2v) is 3.26. The highest BCUT2D eigenvalue weighted by Crippen LogP contribution is 2.09. The van der Waals surface area contributed by atoms with Crippen LogP contribution in [0.4, 0.5) is 0 Å². The third-order valence-corrected chi connectivity index (χ3v) is 1.74. The maximum absolute atomic E-state index is 10.7. The van der Waals surface area contributed by atoms with Gasteiger partial charge in [0, 0.05) is 6.04 Å². The van der Waals surface area contributed by atoms with Crippen molar-refractivity contribution in [3.63, 3.8) is 0 Å². The molecule has 0 amide bonds. The molecule has 0 aliphatic heterocycles. The van der Waals surface area contributed by atoms with E-state index in [2.05, 4.69) is 18.8 Å². The molecule has 0 unspecified atom stereocenters. The van der Waals surface area contributed by atoms with Gasteiger partial charge in [-0.2, -0.15) is 0 Å². The van der Waals surface area contributed by atoms with Crippen LogP contribution in [0, 0.1) is 0 Å². The Bertz CT molecular complexity index is 323. The van der Waals surface area contributed by atoms with Gasteiger partial charge in [-0.3, -0.25) is 4.79 Å². The largest absolute Gasteiger partial charge is 0.329 e. The summed E-state index contributed by atoms with van der Waals surface area (Å²) < 4.78 is 2.01. The fraction of sp³-hybridized carbons (Fsp3) is 0.400. The molecule has 0 saturated heterocycles. The summed E-state index contributed by atoms with van der Waals surface area (Å²) in [7, 11) is 0. The topological polar surface area (TPSA) is 34.9 Å². The normalized spacial score (nSPS) is 11.4. The molecule has 13 heavy (non-hydrogen) atoms. The van der Waals surface area contributed by atoms with E-state index < -0.39 is 0 Å². The molecule has 0 aliphatic carbocycles. The molecule has 3 heteroatoms. The van der Waals surface area contributed by atoms with Crippen molar-refractivity contribution in [3.05, 3.63) is 24.3 Å². The zero-order valence-corrected chi connectivity index (χ0v) is 8.19. The van der Waals surface area contributed by atoms with E-state index in [-0.39, 0.29) is 5.78 Å². The summed E-state index contributed by atoms with van der Waals surface area (Å²) in [5, 5.41) is 0. The molecule has 3 nitrogen and oxygen atoms in total. The molecular formula is C10H14N2O. The lowest BCUT2D eigenvalue weighted by atomic mass is 10.3. The molecule has 1 rings (SSSR count). The van der Waals surface area contributed by atoms with Crippen molar-refractivity contribution in [2.24, 2.45) is 0 Å². The first-order valence-corrected chi connectivity index (χ1v) is 4.31. The highest BCUT2D eigenvalue weighted by Gasteiger charge is 2.01. The summed E-state index contributed by atoms with van der Waals surface area (Å²) in [5.41, 5.74) is 0.963. The van der Waals surface area contributed by atoms with Crippen LogP contribution in [-0.4, -0.2) is 15.3 Å². The Morgan fingerprint density at radius 1 is 1.62 bits per heavy atom. The van der Waals surface area contributed by atoms with E-state index in [0.29, 0.717) is 6.04 Å². The molecule has 0 N–H and O–H groups in total. The first-order chi connectivity index (χ1) is 6.11. The van der Waals surface area contributed by atoms with Crippen LogP contribution in [0.5, 0.6) is 0 Å². The van der Waals surface area contributed by atoms with Gasteiger partial charge >= 0.3 is 0 Å². The van der Waals surface area contributed by atoms with Gasteiger partial charge in [0.1, 0.15) is 0 Å². The number of ketones is 1. The van der Waals surface area contributed by atoms with E-state index in [1.807, 2.05) is 4.57 Å². The van der Waals surface area contributed by atoms with Crippen molar-refractivity contribution in [3.8, 4) is 0 Å². The minimum Gasteiger partial charge on any atom is -0.329 e. The van der Waals surface area contributed by atoms with Gasteiger partial charge in [0.15, 0.2) is 5.78 Å². The Balaban J connectivity index is 2.88. The molecule has 0 atom stereocenters. The molecule has 0 spiro atoms.